The molecule has 1 aliphatic heterocycles. The minimum atomic E-state index is 0.460. The number of halogens is 1. The molecule has 20 heavy (non-hydrogen) atoms. The van der Waals surface area contributed by atoms with Gasteiger partial charge in [-0.2, -0.15) is 0 Å². The first-order chi connectivity index (χ1) is 9.70. The highest BCUT2D eigenvalue weighted by molar-refractivity contribution is 6.31. The molecule has 0 fully saturated rings. The lowest BCUT2D eigenvalue weighted by Gasteiger charge is -2.36. The highest BCUT2D eigenvalue weighted by Crippen LogP contribution is 2.38. The van der Waals surface area contributed by atoms with E-state index in [1.54, 1.807) is 0 Å². The number of rotatable bonds is 2. The molecule has 0 amide bonds. The fraction of sp³-hybridized carbons (Fsp3) is 0.294. The van der Waals surface area contributed by atoms with Crippen molar-refractivity contribution < 1.29 is 0 Å². The van der Waals surface area contributed by atoms with Crippen LogP contribution >= 0.6 is 11.6 Å². The van der Waals surface area contributed by atoms with Crippen LogP contribution in [0.15, 0.2) is 42.5 Å². The summed E-state index contributed by atoms with van der Waals surface area (Å²) in [5.74, 6) is 0.620. The number of anilines is 2. The lowest BCUT2D eigenvalue weighted by molar-refractivity contribution is 0.561. The van der Waals surface area contributed by atoms with Crippen LogP contribution in [0.25, 0.3) is 0 Å². The number of benzene rings is 2. The van der Waals surface area contributed by atoms with Crippen molar-refractivity contribution in [3.8, 4) is 0 Å². The Kier molecular flexibility index (Phi) is 3.68. The lowest BCUT2D eigenvalue weighted by Crippen LogP contribution is -2.31. The van der Waals surface area contributed by atoms with Gasteiger partial charge in [-0.05, 0) is 36.1 Å². The molecule has 2 N–H and O–H groups in total. The molecule has 2 aromatic rings. The zero-order chi connectivity index (χ0) is 14.1. The number of hydrogen-bond donors (Lipinski definition) is 1. The van der Waals surface area contributed by atoms with Crippen LogP contribution in [0, 0.1) is 5.92 Å². The summed E-state index contributed by atoms with van der Waals surface area (Å²) in [6, 6.07) is 14.6. The van der Waals surface area contributed by atoms with Crippen LogP contribution in [0.2, 0.25) is 5.02 Å². The van der Waals surface area contributed by atoms with E-state index in [9.17, 15) is 0 Å². The van der Waals surface area contributed by atoms with E-state index in [2.05, 4.69) is 42.2 Å². The van der Waals surface area contributed by atoms with Crippen LogP contribution in [0.4, 0.5) is 11.4 Å². The third-order valence-corrected chi connectivity index (χ3v) is 4.29. The third-order valence-electron chi connectivity index (χ3n) is 3.93. The topological polar surface area (TPSA) is 29.3 Å². The maximum atomic E-state index is 6.31. The summed E-state index contributed by atoms with van der Waals surface area (Å²) in [6.45, 7) is 3.75. The minimum absolute atomic E-state index is 0.460. The third kappa shape index (κ3) is 2.30. The van der Waals surface area contributed by atoms with E-state index in [4.69, 9.17) is 17.3 Å². The fourth-order valence-corrected chi connectivity index (χ4v) is 3.27. The molecule has 104 valence electrons. The number of nitrogens with two attached hydrogens (primary N) is 1. The predicted octanol–water partition coefficient (Wildman–Crippen LogP) is 4.13. The van der Waals surface area contributed by atoms with Gasteiger partial charge in [-0.15, -0.1) is 0 Å². The van der Waals surface area contributed by atoms with Crippen molar-refractivity contribution in [2.24, 2.45) is 11.7 Å². The second kappa shape index (κ2) is 5.47. The van der Waals surface area contributed by atoms with E-state index in [1.165, 1.54) is 11.3 Å². The molecule has 0 saturated heterocycles. The van der Waals surface area contributed by atoms with E-state index < -0.39 is 0 Å². The summed E-state index contributed by atoms with van der Waals surface area (Å²) in [6.07, 6.45) is 1.13. The Morgan fingerprint density at radius 1 is 1.15 bits per heavy atom. The van der Waals surface area contributed by atoms with Crippen molar-refractivity contribution in [1.29, 1.82) is 0 Å². The van der Waals surface area contributed by atoms with Crippen LogP contribution in [0.5, 0.6) is 0 Å². The molecule has 0 radical (unpaired) electrons. The highest BCUT2D eigenvalue weighted by Gasteiger charge is 2.24. The summed E-state index contributed by atoms with van der Waals surface area (Å²) in [4.78, 5) is 2.36. The van der Waals surface area contributed by atoms with Gasteiger partial charge in [0, 0.05) is 35.1 Å². The molecule has 1 heterocycles. The molecule has 3 rings (SSSR count). The SMILES string of the molecule is CC1Cc2ccccc2N(c2cccc(Cl)c2CN)C1. The number of para-hydroxylation sites is 1. The molecule has 3 heteroatoms. The fourth-order valence-electron chi connectivity index (χ4n) is 3.03. The van der Waals surface area contributed by atoms with Gasteiger partial charge in [0.15, 0.2) is 0 Å². The second-order valence-corrected chi connectivity index (χ2v) is 5.90. The summed E-state index contributed by atoms with van der Waals surface area (Å²) in [5, 5.41) is 0.751. The van der Waals surface area contributed by atoms with Gasteiger partial charge in [0.05, 0.1) is 0 Å². The van der Waals surface area contributed by atoms with Crippen molar-refractivity contribution in [2.45, 2.75) is 19.9 Å². The molecule has 0 spiro atoms. The molecule has 2 aromatic carbocycles. The normalized spacial score (nSPS) is 17.9. The van der Waals surface area contributed by atoms with Crippen LogP contribution < -0.4 is 10.6 Å². The molecule has 1 atom stereocenters. The van der Waals surface area contributed by atoms with Crippen molar-refractivity contribution in [3.05, 3.63) is 58.6 Å². The van der Waals surface area contributed by atoms with Crippen molar-refractivity contribution in [2.75, 3.05) is 11.4 Å². The zero-order valence-corrected chi connectivity index (χ0v) is 12.4. The van der Waals surface area contributed by atoms with Crippen molar-refractivity contribution in [1.82, 2.24) is 0 Å². The molecule has 0 saturated carbocycles. The smallest absolute Gasteiger partial charge is 0.0471 e. The molecular weight excluding hydrogens is 268 g/mol. The van der Waals surface area contributed by atoms with Gasteiger partial charge in [0.25, 0.3) is 0 Å². The predicted molar refractivity (Wildman–Crippen MR) is 85.7 cm³/mol. The Hall–Kier alpha value is -1.51. The van der Waals surface area contributed by atoms with Gasteiger partial charge in [-0.1, -0.05) is 42.8 Å². The number of hydrogen-bond acceptors (Lipinski definition) is 2. The lowest BCUT2D eigenvalue weighted by atomic mass is 9.93. The molecule has 2 nitrogen and oxygen atoms in total. The maximum absolute atomic E-state index is 6.31. The minimum Gasteiger partial charge on any atom is -0.341 e. The van der Waals surface area contributed by atoms with Crippen LogP contribution in [0.1, 0.15) is 18.1 Å². The summed E-state index contributed by atoms with van der Waals surface area (Å²) >= 11 is 6.31. The molecule has 0 aliphatic carbocycles. The van der Waals surface area contributed by atoms with E-state index in [0.29, 0.717) is 12.5 Å². The zero-order valence-electron chi connectivity index (χ0n) is 11.6. The molecule has 0 aromatic heterocycles. The Bertz CT molecular complexity index is 624. The van der Waals surface area contributed by atoms with Gasteiger partial charge in [-0.25, -0.2) is 0 Å². The standard InChI is InChI=1S/C17H19ClN2/c1-12-9-13-5-2-3-7-16(13)20(11-12)17-8-4-6-15(18)14(17)10-19/h2-8,12H,9-11,19H2,1H3. The Morgan fingerprint density at radius 2 is 1.90 bits per heavy atom. The largest absolute Gasteiger partial charge is 0.341 e. The Morgan fingerprint density at radius 3 is 2.70 bits per heavy atom. The van der Waals surface area contributed by atoms with Crippen LogP contribution in [-0.2, 0) is 13.0 Å². The molecule has 0 bridgehead atoms. The monoisotopic (exact) mass is 286 g/mol. The first kappa shape index (κ1) is 13.5. The molecular formula is C17H19ClN2. The van der Waals surface area contributed by atoms with Crippen LogP contribution in [-0.4, -0.2) is 6.54 Å². The summed E-state index contributed by atoms with van der Waals surface area (Å²) in [7, 11) is 0. The first-order valence-electron chi connectivity index (χ1n) is 7.03. The maximum Gasteiger partial charge on any atom is 0.0471 e. The van der Waals surface area contributed by atoms with Gasteiger partial charge in [-0.3, -0.25) is 0 Å². The first-order valence-corrected chi connectivity index (χ1v) is 7.41. The van der Waals surface area contributed by atoms with Gasteiger partial charge >= 0.3 is 0 Å². The number of nitrogens with zero attached hydrogens (tertiary/aromatic N) is 1. The quantitative estimate of drug-likeness (QED) is 0.899. The van der Waals surface area contributed by atoms with E-state index in [1.807, 2.05) is 12.1 Å². The van der Waals surface area contributed by atoms with Gasteiger partial charge in [0.2, 0.25) is 0 Å². The average Bonchev–Trinajstić information content (AvgIpc) is 2.46. The van der Waals surface area contributed by atoms with Crippen LogP contribution in [0.3, 0.4) is 0 Å². The molecule has 1 unspecified atom stereocenters. The number of fused-ring (bicyclic) bond motifs is 1. The van der Waals surface area contributed by atoms with Crippen molar-refractivity contribution in [3.63, 3.8) is 0 Å². The van der Waals surface area contributed by atoms with E-state index in [-0.39, 0.29) is 0 Å². The van der Waals surface area contributed by atoms with Gasteiger partial charge < -0.3 is 10.6 Å². The van der Waals surface area contributed by atoms with Gasteiger partial charge in [0.1, 0.15) is 0 Å². The average molecular weight is 287 g/mol. The second-order valence-electron chi connectivity index (χ2n) is 5.49. The molecule has 1 aliphatic rings. The summed E-state index contributed by atoms with van der Waals surface area (Å²) < 4.78 is 0. The van der Waals surface area contributed by atoms with E-state index in [0.717, 1.165) is 29.2 Å². The Labute approximate surface area is 125 Å². The van der Waals surface area contributed by atoms with Crippen molar-refractivity contribution >= 4 is 23.0 Å². The highest BCUT2D eigenvalue weighted by atomic mass is 35.5. The van der Waals surface area contributed by atoms with E-state index >= 15 is 0 Å². The summed E-state index contributed by atoms with van der Waals surface area (Å²) in [5.41, 5.74) is 10.7. The Balaban J connectivity index is 2.13.